The molecule has 116 valence electrons. The van der Waals surface area contributed by atoms with Crippen LogP contribution in [0.25, 0.3) is 10.6 Å². The molecule has 3 aromatic rings. The van der Waals surface area contributed by atoms with Crippen molar-refractivity contribution in [2.24, 2.45) is 0 Å². The van der Waals surface area contributed by atoms with Gasteiger partial charge in [0.05, 0.1) is 29.2 Å². The molecule has 0 aliphatic rings. The molecule has 0 saturated carbocycles. The Morgan fingerprint density at radius 3 is 2.86 bits per heavy atom. The number of aromatic amines is 2. The van der Waals surface area contributed by atoms with E-state index in [1.165, 1.54) is 9.75 Å². The van der Waals surface area contributed by atoms with Gasteiger partial charge in [-0.05, 0) is 25.1 Å². The van der Waals surface area contributed by atoms with Crippen molar-refractivity contribution in [1.82, 2.24) is 25.1 Å². The lowest BCUT2D eigenvalue weighted by Gasteiger charge is -2.19. The second kappa shape index (κ2) is 6.87. The van der Waals surface area contributed by atoms with Gasteiger partial charge in [0.25, 0.3) is 0 Å². The average Bonchev–Trinajstić information content (AvgIpc) is 3.22. The van der Waals surface area contributed by atoms with E-state index in [-0.39, 0.29) is 6.61 Å². The summed E-state index contributed by atoms with van der Waals surface area (Å²) in [5, 5.41) is 16.3. The van der Waals surface area contributed by atoms with E-state index in [1.54, 1.807) is 23.9 Å². The lowest BCUT2D eigenvalue weighted by molar-refractivity contribution is 0.184. The van der Waals surface area contributed by atoms with E-state index in [9.17, 15) is 5.11 Å². The van der Waals surface area contributed by atoms with Gasteiger partial charge < -0.3 is 10.1 Å². The zero-order chi connectivity index (χ0) is 15.4. The minimum Gasteiger partial charge on any atom is -0.395 e. The highest BCUT2D eigenvalue weighted by atomic mass is 32.1. The molecule has 0 atom stereocenters. The van der Waals surface area contributed by atoms with Crippen LogP contribution < -0.4 is 0 Å². The van der Waals surface area contributed by atoms with Gasteiger partial charge >= 0.3 is 0 Å². The molecule has 0 unspecified atom stereocenters. The molecule has 3 N–H and O–H groups in total. The van der Waals surface area contributed by atoms with Crippen LogP contribution >= 0.6 is 11.3 Å². The Hall–Kier alpha value is -1.96. The highest BCUT2D eigenvalue weighted by Gasteiger charge is 2.12. The fourth-order valence-corrected chi connectivity index (χ4v) is 3.36. The number of H-pyrrole nitrogens is 2. The van der Waals surface area contributed by atoms with E-state index in [4.69, 9.17) is 0 Å². The van der Waals surface area contributed by atoms with Gasteiger partial charge in [0.2, 0.25) is 0 Å². The van der Waals surface area contributed by atoms with E-state index in [0.717, 1.165) is 30.2 Å². The third kappa shape index (κ3) is 3.44. The molecule has 0 bridgehead atoms. The van der Waals surface area contributed by atoms with Gasteiger partial charge in [-0.3, -0.25) is 10.00 Å². The number of nitrogens with one attached hydrogen (secondary N) is 2. The Labute approximate surface area is 132 Å². The minimum absolute atomic E-state index is 0.141. The smallest absolute Gasteiger partial charge is 0.0925 e. The van der Waals surface area contributed by atoms with Crippen LogP contribution in [0.4, 0.5) is 0 Å². The third-order valence-electron chi connectivity index (χ3n) is 3.53. The first-order valence-corrected chi connectivity index (χ1v) is 7.98. The number of thiophene rings is 1. The SMILES string of the molecule is Cc1[nH]cnc1CN(CCO)Cc1ccc(-c2ccn[nH]2)s1. The highest BCUT2D eigenvalue weighted by Crippen LogP contribution is 2.27. The molecule has 7 heteroatoms. The molecule has 0 aliphatic heterocycles. The van der Waals surface area contributed by atoms with Gasteiger partial charge in [0.15, 0.2) is 0 Å². The minimum atomic E-state index is 0.141. The molecule has 0 saturated heterocycles. The number of rotatable bonds is 7. The van der Waals surface area contributed by atoms with Gasteiger partial charge in [0, 0.05) is 36.4 Å². The summed E-state index contributed by atoms with van der Waals surface area (Å²) in [7, 11) is 0. The Morgan fingerprint density at radius 2 is 2.18 bits per heavy atom. The summed E-state index contributed by atoms with van der Waals surface area (Å²) in [6.07, 6.45) is 3.47. The summed E-state index contributed by atoms with van der Waals surface area (Å²) in [5.74, 6) is 0. The predicted molar refractivity (Wildman–Crippen MR) is 86.4 cm³/mol. The topological polar surface area (TPSA) is 80.8 Å². The van der Waals surface area contributed by atoms with Crippen molar-refractivity contribution in [2.45, 2.75) is 20.0 Å². The van der Waals surface area contributed by atoms with E-state index in [2.05, 4.69) is 37.2 Å². The number of nitrogens with zero attached hydrogens (tertiary/aromatic N) is 3. The molecule has 3 heterocycles. The maximum absolute atomic E-state index is 9.29. The Kier molecular flexibility index (Phi) is 4.67. The monoisotopic (exact) mass is 317 g/mol. The number of imidazole rings is 1. The number of aliphatic hydroxyl groups is 1. The fraction of sp³-hybridized carbons (Fsp3) is 0.333. The van der Waals surface area contributed by atoms with Crippen LogP contribution in [0.3, 0.4) is 0 Å². The summed E-state index contributed by atoms with van der Waals surface area (Å²) in [4.78, 5) is 12.1. The van der Waals surface area contributed by atoms with Crippen LogP contribution in [0, 0.1) is 6.92 Å². The first-order valence-electron chi connectivity index (χ1n) is 7.17. The predicted octanol–water partition coefficient (Wildman–Crippen LogP) is 2.16. The molecule has 0 aromatic carbocycles. The normalized spacial score (nSPS) is 11.4. The largest absolute Gasteiger partial charge is 0.395 e. The number of aliphatic hydroxyl groups excluding tert-OH is 1. The molecule has 0 aliphatic carbocycles. The number of hydrogen-bond acceptors (Lipinski definition) is 5. The first kappa shape index (κ1) is 15.0. The molecule has 22 heavy (non-hydrogen) atoms. The van der Waals surface area contributed by atoms with E-state index < -0.39 is 0 Å². The lowest BCUT2D eigenvalue weighted by atomic mass is 10.3. The average molecular weight is 317 g/mol. The van der Waals surface area contributed by atoms with E-state index in [0.29, 0.717) is 6.54 Å². The second-order valence-corrected chi connectivity index (χ2v) is 6.31. The van der Waals surface area contributed by atoms with Crippen molar-refractivity contribution in [3.63, 3.8) is 0 Å². The first-order chi connectivity index (χ1) is 10.8. The molecule has 3 rings (SSSR count). The van der Waals surface area contributed by atoms with E-state index >= 15 is 0 Å². The molecule has 0 spiro atoms. The summed E-state index contributed by atoms with van der Waals surface area (Å²) < 4.78 is 0. The van der Waals surface area contributed by atoms with Gasteiger partial charge in [-0.2, -0.15) is 5.10 Å². The van der Waals surface area contributed by atoms with Gasteiger partial charge in [-0.15, -0.1) is 11.3 Å². The summed E-state index contributed by atoms with van der Waals surface area (Å²) >= 11 is 1.74. The molecule has 0 radical (unpaired) electrons. The molecule has 6 nitrogen and oxygen atoms in total. The lowest BCUT2D eigenvalue weighted by Crippen LogP contribution is -2.26. The van der Waals surface area contributed by atoms with Crippen LogP contribution in [-0.2, 0) is 13.1 Å². The molecule has 0 fully saturated rings. The van der Waals surface area contributed by atoms with Crippen LogP contribution in [-0.4, -0.2) is 43.3 Å². The van der Waals surface area contributed by atoms with Crippen molar-refractivity contribution in [3.05, 3.63) is 47.0 Å². The molecule has 3 aromatic heterocycles. The van der Waals surface area contributed by atoms with Gasteiger partial charge in [-0.25, -0.2) is 4.98 Å². The summed E-state index contributed by atoms with van der Waals surface area (Å²) in [6.45, 7) is 4.31. The van der Waals surface area contributed by atoms with Crippen molar-refractivity contribution in [3.8, 4) is 10.6 Å². The Balaban J connectivity index is 1.69. The zero-order valence-corrected chi connectivity index (χ0v) is 13.2. The molecular formula is C15H19N5OS. The van der Waals surface area contributed by atoms with Crippen LogP contribution in [0.5, 0.6) is 0 Å². The standard InChI is InChI=1S/C15H19N5OS/c1-11-14(17-10-16-11)9-20(6-7-21)8-12-2-3-15(22-12)13-4-5-18-19-13/h2-5,10,21H,6-9H2,1H3,(H,16,17)(H,18,19). The molecule has 0 amide bonds. The van der Waals surface area contributed by atoms with Gasteiger partial charge in [0.1, 0.15) is 0 Å². The highest BCUT2D eigenvalue weighted by molar-refractivity contribution is 7.15. The van der Waals surface area contributed by atoms with Crippen LogP contribution in [0.1, 0.15) is 16.3 Å². The number of aromatic nitrogens is 4. The number of hydrogen-bond donors (Lipinski definition) is 3. The maximum Gasteiger partial charge on any atom is 0.0925 e. The zero-order valence-electron chi connectivity index (χ0n) is 12.4. The second-order valence-electron chi connectivity index (χ2n) is 5.14. The maximum atomic E-state index is 9.29. The number of aryl methyl sites for hydroxylation is 1. The van der Waals surface area contributed by atoms with Crippen LogP contribution in [0.15, 0.2) is 30.7 Å². The van der Waals surface area contributed by atoms with Crippen molar-refractivity contribution < 1.29 is 5.11 Å². The van der Waals surface area contributed by atoms with E-state index in [1.807, 2.05) is 13.0 Å². The van der Waals surface area contributed by atoms with Crippen LogP contribution in [0.2, 0.25) is 0 Å². The Morgan fingerprint density at radius 1 is 1.27 bits per heavy atom. The summed E-state index contributed by atoms with van der Waals surface area (Å²) in [6, 6.07) is 6.20. The Bertz CT molecular complexity index is 703. The van der Waals surface area contributed by atoms with Gasteiger partial charge in [-0.1, -0.05) is 0 Å². The third-order valence-corrected chi connectivity index (χ3v) is 4.63. The quantitative estimate of drug-likeness (QED) is 0.624. The van der Waals surface area contributed by atoms with Crippen molar-refractivity contribution in [2.75, 3.05) is 13.2 Å². The molecular weight excluding hydrogens is 298 g/mol. The van der Waals surface area contributed by atoms with Crippen molar-refractivity contribution >= 4 is 11.3 Å². The summed E-state index contributed by atoms with van der Waals surface area (Å²) in [5.41, 5.74) is 3.14. The van der Waals surface area contributed by atoms with Crippen molar-refractivity contribution in [1.29, 1.82) is 0 Å². The fourth-order valence-electron chi connectivity index (χ4n) is 2.33.